The first-order valence-corrected chi connectivity index (χ1v) is 21.6. The molecule has 8 rings (SSSR count). The number of anilines is 1. The van der Waals surface area contributed by atoms with Gasteiger partial charge in [0, 0.05) is 23.2 Å². The van der Waals surface area contributed by atoms with Crippen LogP contribution in [0.25, 0.3) is 0 Å². The van der Waals surface area contributed by atoms with Crippen molar-refractivity contribution in [3.8, 4) is 5.75 Å². The summed E-state index contributed by atoms with van der Waals surface area (Å²) in [6, 6.07) is 36.4. The van der Waals surface area contributed by atoms with Gasteiger partial charge in [-0.3, -0.25) is 14.5 Å². The van der Waals surface area contributed by atoms with Crippen LogP contribution in [0.4, 0.5) is 5.13 Å². The Labute approximate surface area is 355 Å². The second-order valence-corrected chi connectivity index (χ2v) is 16.3. The molecule has 2 fully saturated rings. The molecule has 0 unspecified atom stereocenters. The van der Waals surface area contributed by atoms with Gasteiger partial charge < -0.3 is 24.9 Å². The number of thioether (sulfide) groups is 1. The molecule has 4 aromatic carbocycles. The Morgan fingerprint density at radius 1 is 0.898 bits per heavy atom. The normalized spacial score (nSPS) is 18.2. The number of methoxy groups -OCH3 is 1. The van der Waals surface area contributed by atoms with E-state index in [1.54, 1.807) is 31.4 Å². The lowest BCUT2D eigenvalue weighted by atomic mass is 9.77. The Morgan fingerprint density at radius 2 is 1.51 bits per heavy atom. The van der Waals surface area contributed by atoms with Crippen LogP contribution in [0.5, 0.6) is 5.75 Å². The number of aromatic nitrogens is 2. The van der Waals surface area contributed by atoms with E-state index >= 15 is 0 Å². The van der Waals surface area contributed by atoms with Gasteiger partial charge in [0.05, 0.1) is 7.11 Å². The fourth-order valence-electron chi connectivity index (χ4n) is 7.54. The van der Waals surface area contributed by atoms with Gasteiger partial charge in [0.15, 0.2) is 0 Å². The predicted octanol–water partition coefficient (Wildman–Crippen LogP) is 7.25. The highest BCUT2D eigenvalue weighted by Crippen LogP contribution is 2.42. The van der Waals surface area contributed by atoms with Gasteiger partial charge in [-0.25, -0.2) is 4.79 Å². The van der Waals surface area contributed by atoms with Crippen molar-refractivity contribution in [1.82, 2.24) is 19.6 Å². The number of β-lactam (4-membered cyclic amide) rings is 1. The van der Waals surface area contributed by atoms with Crippen LogP contribution < -0.4 is 15.4 Å². The Kier molecular flexibility index (Phi) is 12.3. The zero-order valence-electron chi connectivity index (χ0n) is 32.1. The lowest BCUT2D eigenvalue weighted by molar-refractivity contribution is -0.153. The van der Waals surface area contributed by atoms with Crippen molar-refractivity contribution >= 4 is 63.5 Å². The van der Waals surface area contributed by atoms with Crippen LogP contribution in [0.15, 0.2) is 132 Å². The molecule has 3 aliphatic rings. The van der Waals surface area contributed by atoms with E-state index in [9.17, 15) is 14.4 Å². The summed E-state index contributed by atoms with van der Waals surface area (Å²) in [6.07, 6.45) is 3.46. The van der Waals surface area contributed by atoms with Crippen molar-refractivity contribution in [3.05, 3.63) is 155 Å². The minimum Gasteiger partial charge on any atom is -0.497 e. The van der Waals surface area contributed by atoms with Crippen LogP contribution >= 0.6 is 34.9 Å². The third kappa shape index (κ3) is 8.30. The maximum Gasteiger partial charge on any atom is 0.355 e. The number of halogens is 1. The maximum absolute atomic E-state index is 14.2. The molecule has 3 heterocycles. The second-order valence-electron chi connectivity index (χ2n) is 14.2. The molecular formula is C44H41ClN6O6S2. The number of ether oxygens (including phenoxy) is 2. The van der Waals surface area contributed by atoms with Crippen molar-refractivity contribution in [2.45, 2.75) is 55.3 Å². The topological polar surface area (TPSA) is 144 Å². The van der Waals surface area contributed by atoms with Crippen molar-refractivity contribution in [3.63, 3.8) is 0 Å². The molecule has 0 radical (unpaired) electrons. The number of fused-ring (bicyclic) bond motifs is 1. The summed E-state index contributed by atoms with van der Waals surface area (Å²) in [6.45, 7) is -0.0105. The summed E-state index contributed by atoms with van der Waals surface area (Å²) < 4.78 is 15.5. The molecule has 1 aliphatic carbocycles. The zero-order chi connectivity index (χ0) is 40.8. The first-order valence-electron chi connectivity index (χ1n) is 19.3. The average Bonchev–Trinajstić information content (AvgIpc) is 4.00. The number of rotatable bonds is 15. The molecule has 5 aromatic rings. The smallest absolute Gasteiger partial charge is 0.355 e. The lowest BCUT2D eigenvalue weighted by Crippen LogP contribution is -2.71. The van der Waals surface area contributed by atoms with Gasteiger partial charge in [-0.1, -0.05) is 108 Å². The number of nitrogens with one attached hydrogen (secondary N) is 2. The number of nitrogens with zero attached hydrogens (tertiary/aromatic N) is 4. The molecule has 2 aliphatic heterocycles. The molecule has 59 heavy (non-hydrogen) atoms. The number of hydrogen-bond donors (Lipinski definition) is 2. The molecule has 302 valence electrons. The number of benzene rings is 4. The number of esters is 1. The maximum atomic E-state index is 14.2. The Hall–Kier alpha value is -5.70. The summed E-state index contributed by atoms with van der Waals surface area (Å²) in [4.78, 5) is 53.7. The predicted molar refractivity (Wildman–Crippen MR) is 228 cm³/mol. The highest BCUT2D eigenvalue weighted by molar-refractivity contribution is 8.00. The van der Waals surface area contributed by atoms with Gasteiger partial charge in [0.1, 0.15) is 41.1 Å². The first kappa shape index (κ1) is 40.1. The Bertz CT molecular complexity index is 2240. The summed E-state index contributed by atoms with van der Waals surface area (Å²) in [5.41, 5.74) is 3.29. The van der Waals surface area contributed by atoms with Crippen molar-refractivity contribution < 1.29 is 28.7 Å². The Morgan fingerprint density at radius 3 is 2.08 bits per heavy atom. The quantitative estimate of drug-likeness (QED) is 0.0276. The summed E-state index contributed by atoms with van der Waals surface area (Å²) in [7, 11) is 1.57. The van der Waals surface area contributed by atoms with Gasteiger partial charge in [-0.2, -0.15) is 9.36 Å². The molecule has 2 atom stereocenters. The fraction of sp³-hybridized carbons (Fsp3) is 0.273. The lowest BCUT2D eigenvalue weighted by Gasteiger charge is -2.49. The average molecular weight is 849 g/mol. The minimum absolute atomic E-state index is 0.0105. The van der Waals surface area contributed by atoms with Crippen LogP contribution in [0.1, 0.15) is 53.8 Å². The van der Waals surface area contributed by atoms with Gasteiger partial charge in [-0.05, 0) is 65.6 Å². The third-order valence-electron chi connectivity index (χ3n) is 10.6. The zero-order valence-corrected chi connectivity index (χ0v) is 34.5. The second kappa shape index (κ2) is 18.1. The number of alkyl halides is 1. The fourth-order valence-corrected chi connectivity index (χ4v) is 9.85. The van der Waals surface area contributed by atoms with Crippen LogP contribution in [0, 0.1) is 0 Å². The molecule has 0 bridgehead atoms. The van der Waals surface area contributed by atoms with Crippen molar-refractivity contribution in [2.75, 3.05) is 24.1 Å². The standard InChI is InChI=1S/C44H41ClN6O6S2/c1-55-33-23-21-28(22-24-33)26-56-42(54)37-29(25-45)27-58-41-36(40(53)51(37)41)46-39(52)35(49-57-34-19-11-12-20-34)38-47-43(59-50-38)48-44(30-13-5-2-6-14-30,31-15-7-3-8-16-31)32-17-9-4-10-18-32/h2-10,13-18,21-24,34,36,41H,11-12,19-20,25-27H2,1H3,(H,46,52)(H,47,48,50)/b49-35-/t36-,41-/m1/s1. The van der Waals surface area contributed by atoms with Crippen LogP contribution in [-0.2, 0) is 36.1 Å². The summed E-state index contributed by atoms with van der Waals surface area (Å²) in [5.74, 6) is -0.693. The largest absolute Gasteiger partial charge is 0.497 e. The molecular weight excluding hydrogens is 808 g/mol. The minimum atomic E-state index is -0.969. The van der Waals surface area contributed by atoms with E-state index in [0.29, 0.717) is 22.2 Å². The van der Waals surface area contributed by atoms with E-state index in [0.717, 1.165) is 59.5 Å². The molecule has 2 amide bonds. The van der Waals surface area contributed by atoms with E-state index < -0.39 is 34.7 Å². The molecule has 1 saturated carbocycles. The molecule has 1 saturated heterocycles. The number of hydrogen-bond acceptors (Lipinski definition) is 12. The highest BCUT2D eigenvalue weighted by atomic mass is 35.5. The Balaban J connectivity index is 1.05. The van der Waals surface area contributed by atoms with Crippen LogP contribution in [-0.4, -0.2) is 74.0 Å². The van der Waals surface area contributed by atoms with Crippen molar-refractivity contribution in [1.29, 1.82) is 0 Å². The van der Waals surface area contributed by atoms with Crippen LogP contribution in [0.2, 0.25) is 0 Å². The van der Waals surface area contributed by atoms with Crippen LogP contribution in [0.3, 0.4) is 0 Å². The van der Waals surface area contributed by atoms with E-state index in [1.807, 2.05) is 54.6 Å². The van der Waals surface area contributed by atoms with Gasteiger partial charge in [0.25, 0.3) is 11.8 Å². The SMILES string of the molecule is COc1ccc(COC(=O)C2=C(CCl)CS[C@@H]3[C@H](NC(=O)/C(=N\OC4CCCC4)c4nsc(NC(c5ccccc5)(c5ccccc5)c5ccccc5)n4)C(=O)N23)cc1. The molecule has 0 spiro atoms. The summed E-state index contributed by atoms with van der Waals surface area (Å²) in [5, 5.41) is 10.8. The third-order valence-corrected chi connectivity index (χ3v) is 12.9. The van der Waals surface area contributed by atoms with Gasteiger partial charge in [0.2, 0.25) is 16.7 Å². The van der Waals surface area contributed by atoms with Gasteiger partial charge in [-0.15, -0.1) is 23.4 Å². The number of carbonyl (C=O) groups is 3. The van der Waals surface area contributed by atoms with Gasteiger partial charge >= 0.3 is 5.97 Å². The number of oxime groups is 1. The molecule has 1 aromatic heterocycles. The first-order chi connectivity index (χ1) is 28.9. The van der Waals surface area contributed by atoms with Crippen molar-refractivity contribution in [2.24, 2.45) is 5.16 Å². The molecule has 12 nitrogen and oxygen atoms in total. The summed E-state index contributed by atoms with van der Waals surface area (Å²) >= 11 is 8.76. The number of carbonyl (C=O) groups excluding carboxylic acids is 3. The van der Waals surface area contributed by atoms with E-state index in [4.69, 9.17) is 30.9 Å². The monoisotopic (exact) mass is 848 g/mol. The van der Waals surface area contributed by atoms with E-state index in [2.05, 4.69) is 56.6 Å². The van der Waals surface area contributed by atoms with E-state index in [1.165, 1.54) is 16.7 Å². The van der Waals surface area contributed by atoms with E-state index in [-0.39, 0.29) is 35.8 Å². The molecule has 15 heteroatoms. The highest BCUT2D eigenvalue weighted by Gasteiger charge is 2.55. The number of amides is 2. The molecule has 2 N–H and O–H groups in total.